The monoisotopic (exact) mass is 273 g/mol. The molecule has 1 aromatic heterocycles. The summed E-state index contributed by atoms with van der Waals surface area (Å²) in [6, 6.07) is 0. The van der Waals surface area contributed by atoms with E-state index < -0.39 is 11.9 Å². The molecule has 1 N–H and O–H groups in total. The highest BCUT2D eigenvalue weighted by Gasteiger charge is 2.39. The SMILES string of the molecule is CCCc1c(C(=O)O)nnn1CC1CCC(F)(F)C1. The first-order valence-corrected chi connectivity index (χ1v) is 6.46. The molecule has 0 bridgehead atoms. The van der Waals surface area contributed by atoms with Crippen molar-refractivity contribution >= 4 is 5.97 Å². The summed E-state index contributed by atoms with van der Waals surface area (Å²) in [5.74, 6) is -3.87. The Balaban J connectivity index is 2.14. The third kappa shape index (κ3) is 3.08. The number of aromatic carboxylic acids is 1. The van der Waals surface area contributed by atoms with E-state index in [1.807, 2.05) is 6.92 Å². The van der Waals surface area contributed by atoms with Crippen LogP contribution in [0.4, 0.5) is 8.78 Å². The lowest BCUT2D eigenvalue weighted by Crippen LogP contribution is -2.16. The van der Waals surface area contributed by atoms with Gasteiger partial charge < -0.3 is 5.11 Å². The summed E-state index contributed by atoms with van der Waals surface area (Å²) in [6.07, 6.45) is 1.50. The number of carbonyl (C=O) groups is 1. The molecule has 1 aliphatic rings. The first kappa shape index (κ1) is 13.9. The van der Waals surface area contributed by atoms with Gasteiger partial charge in [-0.25, -0.2) is 18.3 Å². The molecule has 0 saturated heterocycles. The number of halogens is 2. The number of hydrogen-bond donors (Lipinski definition) is 1. The number of nitrogens with zero attached hydrogens (tertiary/aromatic N) is 3. The third-order valence-corrected chi connectivity index (χ3v) is 3.46. The molecule has 1 saturated carbocycles. The minimum atomic E-state index is -2.59. The van der Waals surface area contributed by atoms with Crippen molar-refractivity contribution in [2.75, 3.05) is 0 Å². The largest absolute Gasteiger partial charge is 0.476 e. The van der Waals surface area contributed by atoms with Crippen LogP contribution in [0, 0.1) is 5.92 Å². The van der Waals surface area contributed by atoms with Crippen LogP contribution < -0.4 is 0 Å². The molecule has 1 fully saturated rings. The highest BCUT2D eigenvalue weighted by molar-refractivity contribution is 5.86. The molecule has 1 heterocycles. The van der Waals surface area contributed by atoms with Crippen molar-refractivity contribution in [3.63, 3.8) is 0 Å². The zero-order chi connectivity index (χ0) is 14.0. The summed E-state index contributed by atoms with van der Waals surface area (Å²) >= 11 is 0. The van der Waals surface area contributed by atoms with Gasteiger partial charge in [-0.3, -0.25) is 0 Å². The normalized spacial score (nSPS) is 21.7. The third-order valence-electron chi connectivity index (χ3n) is 3.46. The van der Waals surface area contributed by atoms with Crippen LogP contribution in [0.5, 0.6) is 0 Å². The van der Waals surface area contributed by atoms with Gasteiger partial charge in [0.1, 0.15) is 0 Å². The summed E-state index contributed by atoms with van der Waals surface area (Å²) in [5, 5.41) is 16.5. The van der Waals surface area contributed by atoms with Crippen LogP contribution in [0.2, 0.25) is 0 Å². The Morgan fingerprint density at radius 3 is 2.84 bits per heavy atom. The number of alkyl halides is 2. The number of carboxylic acids is 1. The molecule has 7 heteroatoms. The Labute approximate surface area is 109 Å². The van der Waals surface area contributed by atoms with Gasteiger partial charge in [-0.05, 0) is 18.8 Å². The van der Waals surface area contributed by atoms with Gasteiger partial charge >= 0.3 is 5.97 Å². The summed E-state index contributed by atoms with van der Waals surface area (Å²) in [7, 11) is 0. The lowest BCUT2D eigenvalue weighted by atomic mass is 10.1. The van der Waals surface area contributed by atoms with Crippen molar-refractivity contribution in [3.05, 3.63) is 11.4 Å². The van der Waals surface area contributed by atoms with E-state index in [2.05, 4.69) is 10.3 Å². The molecule has 2 rings (SSSR count). The predicted octanol–water partition coefficient (Wildman–Crippen LogP) is 2.36. The van der Waals surface area contributed by atoms with E-state index in [1.54, 1.807) is 0 Å². The van der Waals surface area contributed by atoms with Crippen molar-refractivity contribution in [3.8, 4) is 0 Å². The minimum absolute atomic E-state index is 0.0633. The van der Waals surface area contributed by atoms with Crippen molar-refractivity contribution in [1.82, 2.24) is 15.0 Å². The van der Waals surface area contributed by atoms with E-state index in [1.165, 1.54) is 4.68 Å². The Hall–Kier alpha value is -1.53. The predicted molar refractivity (Wildman–Crippen MR) is 63.3 cm³/mol. The van der Waals surface area contributed by atoms with Crippen molar-refractivity contribution < 1.29 is 18.7 Å². The summed E-state index contributed by atoms with van der Waals surface area (Å²) in [5.41, 5.74) is 0.469. The van der Waals surface area contributed by atoms with Crippen LogP contribution in [-0.4, -0.2) is 32.0 Å². The van der Waals surface area contributed by atoms with Crippen molar-refractivity contribution in [2.45, 2.75) is 51.5 Å². The van der Waals surface area contributed by atoms with E-state index in [0.717, 1.165) is 6.42 Å². The van der Waals surface area contributed by atoms with Gasteiger partial charge in [-0.2, -0.15) is 0 Å². The highest BCUT2D eigenvalue weighted by atomic mass is 19.3. The van der Waals surface area contributed by atoms with E-state index in [-0.39, 0.29) is 24.5 Å². The van der Waals surface area contributed by atoms with Crippen molar-refractivity contribution in [1.29, 1.82) is 0 Å². The van der Waals surface area contributed by atoms with Crippen molar-refractivity contribution in [2.24, 2.45) is 5.92 Å². The number of carboxylic acid groups (broad SMARTS) is 1. The maximum Gasteiger partial charge on any atom is 0.358 e. The highest BCUT2D eigenvalue weighted by Crippen LogP contribution is 2.39. The lowest BCUT2D eigenvalue weighted by molar-refractivity contribution is 0.00414. The second-order valence-electron chi connectivity index (χ2n) is 5.09. The molecule has 1 aliphatic carbocycles. The van der Waals surface area contributed by atoms with Gasteiger partial charge in [-0.15, -0.1) is 5.10 Å². The first-order valence-electron chi connectivity index (χ1n) is 6.46. The van der Waals surface area contributed by atoms with Crippen LogP contribution in [-0.2, 0) is 13.0 Å². The molecule has 0 aliphatic heterocycles. The molecule has 1 atom stereocenters. The quantitative estimate of drug-likeness (QED) is 0.894. The average Bonchev–Trinajstić information content (AvgIpc) is 2.85. The number of hydrogen-bond acceptors (Lipinski definition) is 3. The zero-order valence-corrected chi connectivity index (χ0v) is 10.8. The van der Waals surface area contributed by atoms with Gasteiger partial charge in [0, 0.05) is 19.4 Å². The molecule has 0 spiro atoms. The molecule has 19 heavy (non-hydrogen) atoms. The maximum atomic E-state index is 13.1. The maximum absolute atomic E-state index is 13.1. The lowest BCUT2D eigenvalue weighted by Gasteiger charge is -2.12. The smallest absolute Gasteiger partial charge is 0.358 e. The number of aromatic nitrogens is 3. The average molecular weight is 273 g/mol. The van der Waals surface area contributed by atoms with Crippen LogP contribution in [0.3, 0.4) is 0 Å². The van der Waals surface area contributed by atoms with Gasteiger partial charge in [0.15, 0.2) is 5.69 Å². The molecule has 106 valence electrons. The molecular formula is C12H17F2N3O2. The number of rotatable bonds is 5. The van der Waals surface area contributed by atoms with Crippen LogP contribution >= 0.6 is 0 Å². The molecule has 5 nitrogen and oxygen atoms in total. The van der Waals surface area contributed by atoms with E-state index >= 15 is 0 Å². The molecule has 1 unspecified atom stereocenters. The van der Waals surface area contributed by atoms with E-state index in [9.17, 15) is 13.6 Å². The Kier molecular flexibility index (Phi) is 3.82. The summed E-state index contributed by atoms with van der Waals surface area (Å²) in [4.78, 5) is 11.0. The van der Waals surface area contributed by atoms with Gasteiger partial charge in [-0.1, -0.05) is 18.6 Å². The molecule has 0 radical (unpaired) electrons. The fraction of sp³-hybridized carbons (Fsp3) is 0.750. The summed E-state index contributed by atoms with van der Waals surface area (Å²) in [6.45, 7) is 2.25. The van der Waals surface area contributed by atoms with E-state index in [0.29, 0.717) is 25.1 Å². The van der Waals surface area contributed by atoms with Gasteiger partial charge in [0.2, 0.25) is 5.92 Å². The standard InChI is InChI=1S/C12H17F2N3O2/c1-2-3-9-10(11(18)19)15-16-17(9)7-8-4-5-12(13,14)6-8/h8H,2-7H2,1H3,(H,18,19). The minimum Gasteiger partial charge on any atom is -0.476 e. The van der Waals surface area contributed by atoms with Crippen LogP contribution in [0.1, 0.15) is 48.8 Å². The van der Waals surface area contributed by atoms with Gasteiger partial charge in [0.25, 0.3) is 0 Å². The second-order valence-corrected chi connectivity index (χ2v) is 5.09. The van der Waals surface area contributed by atoms with Gasteiger partial charge in [0.05, 0.1) is 5.69 Å². The Morgan fingerprint density at radius 1 is 1.58 bits per heavy atom. The second kappa shape index (κ2) is 5.22. The van der Waals surface area contributed by atoms with Crippen LogP contribution in [0.25, 0.3) is 0 Å². The fourth-order valence-electron chi connectivity index (χ4n) is 2.57. The first-order chi connectivity index (χ1) is 8.93. The molecule has 0 amide bonds. The molecule has 1 aromatic rings. The topological polar surface area (TPSA) is 68.0 Å². The Bertz CT molecular complexity index is 474. The van der Waals surface area contributed by atoms with E-state index in [4.69, 9.17) is 5.11 Å². The Morgan fingerprint density at radius 2 is 2.32 bits per heavy atom. The summed E-state index contributed by atoms with van der Waals surface area (Å²) < 4.78 is 27.8. The van der Waals surface area contributed by atoms with Crippen LogP contribution in [0.15, 0.2) is 0 Å². The zero-order valence-electron chi connectivity index (χ0n) is 10.8. The molecular weight excluding hydrogens is 256 g/mol. The molecule has 0 aromatic carbocycles. The fourth-order valence-corrected chi connectivity index (χ4v) is 2.57.